The molecule has 2 rings (SSSR count). The molecule has 1 saturated heterocycles. The van der Waals surface area contributed by atoms with Crippen LogP contribution in [-0.2, 0) is 16.4 Å². The molecule has 0 atom stereocenters. The van der Waals surface area contributed by atoms with E-state index in [4.69, 9.17) is 0 Å². The number of sulfone groups is 1. The standard InChI is InChI=1S/C12H21N3O2S/c1-10(2)15-9-13-7-12(15)8-14-11-3-5-18(16,17)6-4-11/h7,9-11,14H,3-6,8H2,1-2H3. The first kappa shape index (κ1) is 13.5. The SMILES string of the molecule is CC(C)n1cncc1CNC1CCS(=O)(=O)CC1. The van der Waals surface area contributed by atoms with Gasteiger partial charge in [0.05, 0.1) is 23.5 Å². The van der Waals surface area contributed by atoms with Crippen LogP contribution >= 0.6 is 0 Å². The van der Waals surface area contributed by atoms with Gasteiger partial charge in [0.25, 0.3) is 0 Å². The predicted molar refractivity (Wildman–Crippen MR) is 71.1 cm³/mol. The van der Waals surface area contributed by atoms with Gasteiger partial charge < -0.3 is 9.88 Å². The quantitative estimate of drug-likeness (QED) is 0.891. The third-order valence-electron chi connectivity index (χ3n) is 3.43. The van der Waals surface area contributed by atoms with E-state index in [-0.39, 0.29) is 0 Å². The summed E-state index contributed by atoms with van der Waals surface area (Å²) in [6.07, 6.45) is 5.15. The Hall–Kier alpha value is -0.880. The number of rotatable bonds is 4. The van der Waals surface area contributed by atoms with E-state index in [0.29, 0.717) is 23.6 Å². The van der Waals surface area contributed by atoms with Crippen LogP contribution in [0.15, 0.2) is 12.5 Å². The van der Waals surface area contributed by atoms with Crippen molar-refractivity contribution < 1.29 is 8.42 Å². The molecule has 0 spiro atoms. The number of hydrogen-bond donors (Lipinski definition) is 1. The van der Waals surface area contributed by atoms with Crippen molar-refractivity contribution in [3.05, 3.63) is 18.2 Å². The Balaban J connectivity index is 1.87. The van der Waals surface area contributed by atoms with Crippen LogP contribution in [0.2, 0.25) is 0 Å². The van der Waals surface area contributed by atoms with Gasteiger partial charge in [-0.1, -0.05) is 0 Å². The van der Waals surface area contributed by atoms with E-state index >= 15 is 0 Å². The van der Waals surface area contributed by atoms with Crippen molar-refractivity contribution >= 4 is 9.84 Å². The third kappa shape index (κ3) is 3.32. The second kappa shape index (κ2) is 5.40. The molecular weight excluding hydrogens is 250 g/mol. The average molecular weight is 271 g/mol. The highest BCUT2D eigenvalue weighted by atomic mass is 32.2. The summed E-state index contributed by atoms with van der Waals surface area (Å²) in [7, 11) is -2.77. The second-order valence-electron chi connectivity index (χ2n) is 5.19. The number of aromatic nitrogens is 2. The molecule has 5 nitrogen and oxygen atoms in total. The van der Waals surface area contributed by atoms with Crippen molar-refractivity contribution in [2.75, 3.05) is 11.5 Å². The van der Waals surface area contributed by atoms with Crippen molar-refractivity contribution in [3.63, 3.8) is 0 Å². The lowest BCUT2D eigenvalue weighted by Crippen LogP contribution is -2.37. The van der Waals surface area contributed by atoms with E-state index in [9.17, 15) is 8.42 Å². The van der Waals surface area contributed by atoms with Gasteiger partial charge in [0.15, 0.2) is 0 Å². The molecule has 0 unspecified atom stereocenters. The Morgan fingerprint density at radius 3 is 2.72 bits per heavy atom. The zero-order valence-electron chi connectivity index (χ0n) is 11.0. The molecule has 1 aromatic rings. The molecule has 2 heterocycles. The van der Waals surface area contributed by atoms with Gasteiger partial charge in [-0.05, 0) is 26.7 Å². The van der Waals surface area contributed by atoms with Crippen LogP contribution in [0, 0.1) is 0 Å². The van der Waals surface area contributed by atoms with Crippen molar-refractivity contribution in [3.8, 4) is 0 Å². The van der Waals surface area contributed by atoms with Crippen molar-refractivity contribution in [2.24, 2.45) is 0 Å². The summed E-state index contributed by atoms with van der Waals surface area (Å²) in [6.45, 7) is 5.00. The first-order chi connectivity index (χ1) is 8.48. The van der Waals surface area contributed by atoms with Gasteiger partial charge in [-0.2, -0.15) is 0 Å². The lowest BCUT2D eigenvalue weighted by atomic mass is 10.1. The highest BCUT2D eigenvalue weighted by Gasteiger charge is 2.23. The zero-order valence-corrected chi connectivity index (χ0v) is 11.8. The number of nitrogens with zero attached hydrogens (tertiary/aromatic N) is 2. The van der Waals surface area contributed by atoms with Crippen molar-refractivity contribution in [1.82, 2.24) is 14.9 Å². The molecule has 1 fully saturated rings. The molecule has 0 aliphatic carbocycles. The minimum absolute atomic E-state index is 0.309. The summed E-state index contributed by atoms with van der Waals surface area (Å²) in [6, 6.07) is 0.708. The fourth-order valence-corrected chi connectivity index (χ4v) is 3.77. The van der Waals surface area contributed by atoms with Crippen LogP contribution < -0.4 is 5.32 Å². The fourth-order valence-electron chi connectivity index (χ4n) is 2.28. The maximum atomic E-state index is 11.3. The van der Waals surface area contributed by atoms with Gasteiger partial charge in [0, 0.05) is 24.8 Å². The molecule has 1 aromatic heterocycles. The van der Waals surface area contributed by atoms with Crippen LogP contribution in [-0.4, -0.2) is 35.5 Å². The molecular formula is C12H21N3O2S. The third-order valence-corrected chi connectivity index (χ3v) is 5.14. The van der Waals surface area contributed by atoms with Gasteiger partial charge >= 0.3 is 0 Å². The van der Waals surface area contributed by atoms with Crippen LogP contribution in [0.25, 0.3) is 0 Å². The van der Waals surface area contributed by atoms with E-state index < -0.39 is 9.84 Å². The van der Waals surface area contributed by atoms with Gasteiger partial charge in [0.2, 0.25) is 0 Å². The first-order valence-electron chi connectivity index (χ1n) is 6.42. The summed E-state index contributed by atoms with van der Waals surface area (Å²) >= 11 is 0. The number of hydrogen-bond acceptors (Lipinski definition) is 4. The van der Waals surface area contributed by atoms with Gasteiger partial charge in [0.1, 0.15) is 9.84 Å². The fraction of sp³-hybridized carbons (Fsp3) is 0.750. The molecule has 18 heavy (non-hydrogen) atoms. The Kier molecular flexibility index (Phi) is 4.07. The summed E-state index contributed by atoms with van der Waals surface area (Å²) in [5, 5.41) is 3.43. The molecule has 0 saturated carbocycles. The minimum Gasteiger partial charge on any atom is -0.331 e. The molecule has 0 aromatic carbocycles. The monoisotopic (exact) mass is 271 g/mol. The Morgan fingerprint density at radius 2 is 2.11 bits per heavy atom. The number of nitrogens with one attached hydrogen (secondary N) is 1. The summed E-state index contributed by atoms with van der Waals surface area (Å²) < 4.78 is 24.8. The molecule has 6 heteroatoms. The molecule has 1 aliphatic rings. The summed E-state index contributed by atoms with van der Waals surface area (Å²) in [5.74, 6) is 0.627. The lowest BCUT2D eigenvalue weighted by molar-refractivity contribution is 0.449. The Bertz CT molecular complexity index is 479. The lowest BCUT2D eigenvalue weighted by Gasteiger charge is -2.23. The smallest absolute Gasteiger partial charge is 0.150 e. The van der Waals surface area contributed by atoms with E-state index in [1.165, 1.54) is 0 Å². The highest BCUT2D eigenvalue weighted by molar-refractivity contribution is 7.91. The zero-order chi connectivity index (χ0) is 13.2. The number of imidazole rings is 1. The Morgan fingerprint density at radius 1 is 1.44 bits per heavy atom. The molecule has 1 aliphatic heterocycles. The summed E-state index contributed by atoms with van der Waals surface area (Å²) in [4.78, 5) is 4.16. The van der Waals surface area contributed by atoms with Crippen molar-refractivity contribution in [1.29, 1.82) is 0 Å². The molecule has 0 bridgehead atoms. The van der Waals surface area contributed by atoms with E-state index in [0.717, 1.165) is 25.1 Å². The maximum Gasteiger partial charge on any atom is 0.150 e. The van der Waals surface area contributed by atoms with Crippen LogP contribution in [0.5, 0.6) is 0 Å². The van der Waals surface area contributed by atoms with Gasteiger partial charge in [-0.3, -0.25) is 0 Å². The molecule has 0 amide bonds. The normalized spacial score (nSPS) is 20.4. The summed E-state index contributed by atoms with van der Waals surface area (Å²) in [5.41, 5.74) is 1.15. The van der Waals surface area contributed by atoms with E-state index in [1.807, 2.05) is 12.5 Å². The van der Waals surface area contributed by atoms with E-state index in [1.54, 1.807) is 0 Å². The Labute approximate surface area is 109 Å². The largest absolute Gasteiger partial charge is 0.331 e. The van der Waals surface area contributed by atoms with Crippen LogP contribution in [0.1, 0.15) is 38.4 Å². The minimum atomic E-state index is -2.77. The van der Waals surface area contributed by atoms with Gasteiger partial charge in [-0.25, -0.2) is 13.4 Å². The average Bonchev–Trinajstić information content (AvgIpc) is 2.76. The van der Waals surface area contributed by atoms with E-state index in [2.05, 4.69) is 28.7 Å². The maximum absolute atomic E-state index is 11.3. The van der Waals surface area contributed by atoms with Gasteiger partial charge in [-0.15, -0.1) is 0 Å². The molecule has 102 valence electrons. The second-order valence-corrected chi connectivity index (χ2v) is 7.50. The predicted octanol–water partition coefficient (Wildman–Crippen LogP) is 1.13. The topological polar surface area (TPSA) is 64.0 Å². The first-order valence-corrected chi connectivity index (χ1v) is 8.24. The highest BCUT2D eigenvalue weighted by Crippen LogP contribution is 2.14. The van der Waals surface area contributed by atoms with Crippen molar-refractivity contribution in [2.45, 2.75) is 45.3 Å². The molecule has 0 radical (unpaired) electrons. The van der Waals surface area contributed by atoms with Crippen LogP contribution in [0.3, 0.4) is 0 Å². The molecule has 1 N–H and O–H groups in total. The van der Waals surface area contributed by atoms with Crippen LogP contribution in [0.4, 0.5) is 0 Å².